The van der Waals surface area contributed by atoms with Gasteiger partial charge in [-0.05, 0) is 12.1 Å². The van der Waals surface area contributed by atoms with Crippen LogP contribution in [0.1, 0.15) is 5.56 Å². The number of alkyl halides is 9. The summed E-state index contributed by atoms with van der Waals surface area (Å²) in [7, 11) is 0. The largest absolute Gasteiger partial charge is 0.490 e. The van der Waals surface area contributed by atoms with Gasteiger partial charge in [0.05, 0.1) is 11.7 Å². The lowest BCUT2D eigenvalue weighted by molar-refractivity contribution is -0.193. The van der Waals surface area contributed by atoms with Crippen LogP contribution in [0.5, 0.6) is 0 Å². The molecule has 4 N–H and O–H groups in total. The number of carbonyl (C=O) groups is 2. The maximum atomic E-state index is 13.1. The van der Waals surface area contributed by atoms with Crippen molar-refractivity contribution in [3.63, 3.8) is 0 Å². The van der Waals surface area contributed by atoms with Crippen molar-refractivity contribution in [1.82, 2.24) is 10.2 Å². The number of carboxylic acid groups (broad SMARTS) is 2. The second-order valence-corrected chi connectivity index (χ2v) is 7.44. The van der Waals surface area contributed by atoms with Crippen LogP contribution in [0, 0.1) is 0 Å². The van der Waals surface area contributed by atoms with Crippen molar-refractivity contribution in [2.45, 2.75) is 30.7 Å². The average Bonchev–Trinajstić information content (AvgIpc) is 3.18. The fraction of sp³-hybridized carbons (Fsp3) is 0.579. The molecule has 2 saturated heterocycles. The molecule has 2 heterocycles. The van der Waals surface area contributed by atoms with Gasteiger partial charge < -0.3 is 25.5 Å². The van der Waals surface area contributed by atoms with E-state index in [2.05, 4.69) is 10.2 Å². The Morgan fingerprint density at radius 3 is 1.61 bits per heavy atom. The summed E-state index contributed by atoms with van der Waals surface area (Å²) in [5.74, 6) is -5.51. The van der Waals surface area contributed by atoms with Crippen molar-refractivity contribution in [2.24, 2.45) is 0 Å². The third-order valence-corrected chi connectivity index (χ3v) is 4.97. The van der Waals surface area contributed by atoms with Gasteiger partial charge in [-0.25, -0.2) is 9.59 Å². The molecule has 0 aromatic heterocycles. The quantitative estimate of drug-likeness (QED) is 0.421. The van der Waals surface area contributed by atoms with Gasteiger partial charge in [0.2, 0.25) is 0 Å². The van der Waals surface area contributed by atoms with Crippen LogP contribution in [-0.2, 0) is 15.8 Å². The van der Waals surface area contributed by atoms with Crippen molar-refractivity contribution in [1.29, 1.82) is 0 Å². The number of anilines is 1. The standard InChI is InChI=1S/C15H20F3N3O.2C2HF3O2/c16-15(17,18)11-3-1-2-4-12(11)20-5-7-21(8-6-20)13-9-19-10-14(13)22;2*3-2(4,5)1(6)7/h1-4,13-14,19,22H,5-10H2;2*(H,6,7). The van der Waals surface area contributed by atoms with Crippen LogP contribution in [0.15, 0.2) is 24.3 Å². The number of halogens is 9. The molecule has 0 bridgehead atoms. The van der Waals surface area contributed by atoms with Gasteiger partial charge in [-0.15, -0.1) is 0 Å². The van der Waals surface area contributed by atoms with Gasteiger partial charge in [-0.3, -0.25) is 4.90 Å². The zero-order valence-electron chi connectivity index (χ0n) is 18.2. The third-order valence-electron chi connectivity index (χ3n) is 4.97. The van der Waals surface area contributed by atoms with Gasteiger partial charge in [-0.2, -0.15) is 39.5 Å². The SMILES string of the molecule is O=C(O)C(F)(F)F.O=C(O)C(F)(F)F.OC1CNCC1N1CCN(c2ccccc2C(F)(F)F)CC1. The Morgan fingerprint density at radius 1 is 0.806 bits per heavy atom. The molecule has 2 atom stereocenters. The van der Waals surface area contributed by atoms with E-state index in [-0.39, 0.29) is 11.7 Å². The number of β-amino-alcohol motifs (C(OH)–C–C–N with tert-alkyl or cyclic N) is 1. The molecule has 0 aliphatic carbocycles. The molecule has 8 nitrogen and oxygen atoms in total. The molecule has 2 unspecified atom stereocenters. The second kappa shape index (κ2) is 12.4. The number of carboxylic acids is 2. The summed E-state index contributed by atoms with van der Waals surface area (Å²) in [6, 6.07) is 5.79. The summed E-state index contributed by atoms with van der Waals surface area (Å²) in [6.07, 6.45) is -14.9. The van der Waals surface area contributed by atoms with Gasteiger partial charge >= 0.3 is 30.5 Å². The van der Waals surface area contributed by atoms with E-state index in [4.69, 9.17) is 19.8 Å². The summed E-state index contributed by atoms with van der Waals surface area (Å²) < 4.78 is 103. The maximum absolute atomic E-state index is 13.1. The predicted molar refractivity (Wildman–Crippen MR) is 105 cm³/mol. The van der Waals surface area contributed by atoms with E-state index in [1.807, 2.05) is 0 Å². The first-order valence-corrected chi connectivity index (χ1v) is 10.00. The second-order valence-electron chi connectivity index (χ2n) is 7.44. The molecule has 1 aromatic carbocycles. The number of benzene rings is 1. The van der Waals surface area contributed by atoms with Gasteiger partial charge in [0.1, 0.15) is 0 Å². The monoisotopic (exact) mass is 543 g/mol. The number of piperazine rings is 1. The molecule has 0 spiro atoms. The Hall–Kier alpha value is -2.79. The van der Waals surface area contributed by atoms with E-state index in [1.54, 1.807) is 11.0 Å². The van der Waals surface area contributed by atoms with E-state index in [9.17, 15) is 44.6 Å². The number of aliphatic carboxylic acids is 2. The minimum Gasteiger partial charge on any atom is -0.475 e. The van der Waals surface area contributed by atoms with E-state index >= 15 is 0 Å². The van der Waals surface area contributed by atoms with Crippen LogP contribution in [0.25, 0.3) is 0 Å². The molecule has 206 valence electrons. The first kappa shape index (κ1) is 31.2. The summed E-state index contributed by atoms with van der Waals surface area (Å²) in [5.41, 5.74) is -0.328. The lowest BCUT2D eigenvalue weighted by Gasteiger charge is -2.40. The van der Waals surface area contributed by atoms with Crippen LogP contribution in [-0.4, -0.2) is 95.9 Å². The van der Waals surface area contributed by atoms with Gasteiger partial charge in [0, 0.05) is 51.0 Å². The first-order chi connectivity index (χ1) is 16.4. The van der Waals surface area contributed by atoms with Crippen molar-refractivity contribution in [3.8, 4) is 0 Å². The summed E-state index contributed by atoms with van der Waals surface area (Å²) in [6.45, 7) is 3.72. The normalized spacial score (nSPS) is 21.1. The van der Waals surface area contributed by atoms with E-state index in [1.165, 1.54) is 12.1 Å². The van der Waals surface area contributed by atoms with Crippen LogP contribution in [0.2, 0.25) is 0 Å². The molecule has 36 heavy (non-hydrogen) atoms. The Bertz CT molecular complexity index is 845. The Morgan fingerprint density at radius 2 is 1.25 bits per heavy atom. The zero-order valence-corrected chi connectivity index (χ0v) is 18.2. The highest BCUT2D eigenvalue weighted by Gasteiger charge is 2.39. The molecule has 2 aliphatic heterocycles. The number of para-hydroxylation sites is 1. The number of hydrogen-bond donors (Lipinski definition) is 4. The van der Waals surface area contributed by atoms with Crippen LogP contribution >= 0.6 is 0 Å². The topological polar surface area (TPSA) is 113 Å². The number of nitrogens with one attached hydrogen (secondary N) is 1. The Balaban J connectivity index is 0.000000383. The number of rotatable bonds is 2. The van der Waals surface area contributed by atoms with Gasteiger partial charge in [-0.1, -0.05) is 12.1 Å². The lowest BCUT2D eigenvalue weighted by Crippen LogP contribution is -2.54. The molecule has 17 heteroatoms. The van der Waals surface area contributed by atoms with E-state index in [0.29, 0.717) is 32.7 Å². The van der Waals surface area contributed by atoms with Crippen molar-refractivity contribution in [2.75, 3.05) is 44.2 Å². The van der Waals surface area contributed by atoms with Crippen molar-refractivity contribution < 1.29 is 64.4 Å². The maximum Gasteiger partial charge on any atom is 0.490 e. The fourth-order valence-electron chi connectivity index (χ4n) is 3.31. The third kappa shape index (κ3) is 9.69. The van der Waals surface area contributed by atoms with E-state index < -0.39 is 42.1 Å². The summed E-state index contributed by atoms with van der Waals surface area (Å²) in [4.78, 5) is 21.7. The summed E-state index contributed by atoms with van der Waals surface area (Å²) in [5, 5.41) is 27.3. The molecule has 2 fully saturated rings. The average molecular weight is 543 g/mol. The highest BCUT2D eigenvalue weighted by Crippen LogP contribution is 2.36. The van der Waals surface area contributed by atoms with Crippen LogP contribution < -0.4 is 10.2 Å². The molecule has 0 saturated carbocycles. The smallest absolute Gasteiger partial charge is 0.475 e. The number of aliphatic hydroxyl groups is 1. The molecule has 1 aromatic rings. The van der Waals surface area contributed by atoms with Gasteiger partial charge in [0.15, 0.2) is 0 Å². The van der Waals surface area contributed by atoms with Gasteiger partial charge in [0.25, 0.3) is 0 Å². The Kier molecular flexibility index (Phi) is 10.8. The number of hydrogen-bond acceptors (Lipinski definition) is 6. The van der Waals surface area contributed by atoms with Crippen molar-refractivity contribution >= 4 is 17.6 Å². The molecular formula is C19H22F9N3O5. The molecular weight excluding hydrogens is 521 g/mol. The molecule has 0 radical (unpaired) electrons. The number of aliphatic hydroxyl groups excluding tert-OH is 1. The first-order valence-electron chi connectivity index (χ1n) is 10.00. The highest BCUT2D eigenvalue weighted by molar-refractivity contribution is 5.73. The predicted octanol–water partition coefficient (Wildman–Crippen LogP) is 2.43. The molecule has 3 rings (SSSR count). The van der Waals surface area contributed by atoms with Crippen LogP contribution in [0.4, 0.5) is 45.2 Å². The minimum absolute atomic E-state index is 0.0695. The highest BCUT2D eigenvalue weighted by atomic mass is 19.4. The zero-order chi connectivity index (χ0) is 27.9. The fourth-order valence-corrected chi connectivity index (χ4v) is 3.31. The molecule has 2 aliphatic rings. The number of nitrogens with zero attached hydrogens (tertiary/aromatic N) is 2. The Labute approximate surface area is 197 Å². The van der Waals surface area contributed by atoms with Crippen LogP contribution in [0.3, 0.4) is 0 Å². The molecule has 0 amide bonds. The van der Waals surface area contributed by atoms with Crippen molar-refractivity contribution in [3.05, 3.63) is 29.8 Å². The minimum atomic E-state index is -5.08. The van der Waals surface area contributed by atoms with E-state index in [0.717, 1.165) is 12.6 Å². The lowest BCUT2D eigenvalue weighted by atomic mass is 10.1. The summed E-state index contributed by atoms with van der Waals surface area (Å²) >= 11 is 0.